The highest BCUT2D eigenvalue weighted by Crippen LogP contribution is 2.18. The second-order valence-corrected chi connectivity index (χ2v) is 3.72. The summed E-state index contributed by atoms with van der Waals surface area (Å²) in [6.45, 7) is 1.59. The maximum Gasteiger partial charge on any atom is 0.222 e. The van der Waals surface area contributed by atoms with E-state index in [1.807, 2.05) is 24.3 Å². The van der Waals surface area contributed by atoms with Gasteiger partial charge in [-0.3, -0.25) is 9.59 Å². The van der Waals surface area contributed by atoms with Crippen LogP contribution in [0, 0.1) is 0 Å². The predicted molar refractivity (Wildman–Crippen MR) is 64.6 cm³/mol. The van der Waals surface area contributed by atoms with Crippen LogP contribution in [0.25, 0.3) is 0 Å². The lowest BCUT2D eigenvalue weighted by Crippen LogP contribution is -2.33. The van der Waals surface area contributed by atoms with Crippen LogP contribution < -0.4 is 10.1 Å². The van der Waals surface area contributed by atoms with E-state index in [4.69, 9.17) is 4.74 Å². The van der Waals surface area contributed by atoms with Gasteiger partial charge in [-0.1, -0.05) is 18.2 Å². The first-order valence-corrected chi connectivity index (χ1v) is 5.46. The molecule has 1 aromatic rings. The van der Waals surface area contributed by atoms with E-state index >= 15 is 0 Å². The summed E-state index contributed by atoms with van der Waals surface area (Å²) >= 11 is 0. The van der Waals surface area contributed by atoms with Gasteiger partial charge in [0.05, 0.1) is 13.2 Å². The first-order chi connectivity index (χ1) is 8.17. The molecule has 17 heavy (non-hydrogen) atoms. The van der Waals surface area contributed by atoms with Gasteiger partial charge in [-0.25, -0.2) is 0 Å². The van der Waals surface area contributed by atoms with Gasteiger partial charge in [0, 0.05) is 6.42 Å². The number of benzene rings is 1. The van der Waals surface area contributed by atoms with Crippen molar-refractivity contribution in [2.75, 3.05) is 7.11 Å². The van der Waals surface area contributed by atoms with Crippen molar-refractivity contribution >= 4 is 12.2 Å². The molecule has 0 aliphatic heterocycles. The van der Waals surface area contributed by atoms with E-state index in [0.717, 1.165) is 11.3 Å². The van der Waals surface area contributed by atoms with Crippen LogP contribution >= 0.6 is 0 Å². The molecule has 0 bridgehead atoms. The average molecular weight is 234 g/mol. The van der Waals surface area contributed by atoms with Crippen molar-refractivity contribution in [2.45, 2.75) is 25.8 Å². The monoisotopic (exact) mass is 234 g/mol. The number of aryl methyl sites for hydroxylation is 1. The highest BCUT2D eigenvalue weighted by Gasteiger charge is 2.08. The molecule has 0 saturated heterocycles. The molecule has 1 rings (SSSR count). The lowest BCUT2D eigenvalue weighted by molar-refractivity contribution is -0.121. The molecule has 4 heteroatoms. The van der Waals surface area contributed by atoms with Gasteiger partial charge in [0.15, 0.2) is 0 Å². The van der Waals surface area contributed by atoms with Crippen molar-refractivity contribution in [3.63, 3.8) is 0 Å². The molecule has 1 radical (unpaired) electrons. The molecule has 0 heterocycles. The molecule has 1 aromatic carbocycles. The normalized spacial score (nSPS) is 11.6. The van der Waals surface area contributed by atoms with E-state index in [1.165, 1.54) is 0 Å². The standard InChI is InChI=1S/C13H16NO3/c1-10(9-15)14-13(16)8-7-11-5-3-4-6-12(11)17-2/h3-6,10H,7-8H2,1-2H3,(H,14,16)/t10-/m0/s1. The summed E-state index contributed by atoms with van der Waals surface area (Å²) < 4.78 is 5.19. The van der Waals surface area contributed by atoms with Gasteiger partial charge in [-0.05, 0) is 25.0 Å². The molecular weight excluding hydrogens is 218 g/mol. The van der Waals surface area contributed by atoms with Crippen LogP contribution in [0.4, 0.5) is 0 Å². The van der Waals surface area contributed by atoms with Gasteiger partial charge in [0.1, 0.15) is 5.75 Å². The minimum absolute atomic E-state index is 0.160. The topological polar surface area (TPSA) is 55.4 Å². The number of ether oxygens (including phenoxy) is 1. The van der Waals surface area contributed by atoms with Crippen molar-refractivity contribution < 1.29 is 14.3 Å². The van der Waals surface area contributed by atoms with Gasteiger partial charge in [-0.15, -0.1) is 0 Å². The molecule has 4 nitrogen and oxygen atoms in total. The van der Waals surface area contributed by atoms with Crippen molar-refractivity contribution in [3.8, 4) is 5.75 Å². The minimum Gasteiger partial charge on any atom is -0.496 e. The third-order valence-corrected chi connectivity index (χ3v) is 2.37. The smallest absolute Gasteiger partial charge is 0.222 e. The molecule has 0 aliphatic carbocycles. The number of amides is 1. The molecule has 1 N–H and O–H groups in total. The third kappa shape index (κ3) is 4.26. The van der Waals surface area contributed by atoms with Crippen molar-refractivity contribution in [3.05, 3.63) is 29.8 Å². The van der Waals surface area contributed by atoms with Gasteiger partial charge < -0.3 is 10.1 Å². The Hall–Kier alpha value is -1.84. The SMILES string of the molecule is COc1ccccc1CCC(=O)N[C@@H](C)[C]=O. The zero-order chi connectivity index (χ0) is 12.7. The maximum atomic E-state index is 11.5. The first kappa shape index (κ1) is 13.2. The molecule has 0 unspecified atom stereocenters. The molecule has 0 saturated carbocycles. The number of carbonyl (C=O) groups excluding carboxylic acids is 2. The number of nitrogens with one attached hydrogen (secondary N) is 1. The largest absolute Gasteiger partial charge is 0.496 e. The Morgan fingerprint density at radius 1 is 1.47 bits per heavy atom. The Bertz CT molecular complexity index is 390. The van der Waals surface area contributed by atoms with Crippen LogP contribution in [0.15, 0.2) is 24.3 Å². The highest BCUT2D eigenvalue weighted by atomic mass is 16.5. The van der Waals surface area contributed by atoms with Crippen LogP contribution in [0.2, 0.25) is 0 Å². The van der Waals surface area contributed by atoms with E-state index in [9.17, 15) is 9.59 Å². The quantitative estimate of drug-likeness (QED) is 0.805. The number of para-hydroxylation sites is 1. The Morgan fingerprint density at radius 3 is 2.82 bits per heavy atom. The Labute approximate surface area is 101 Å². The number of rotatable bonds is 6. The first-order valence-electron chi connectivity index (χ1n) is 5.46. The summed E-state index contributed by atoms with van der Waals surface area (Å²) in [5.41, 5.74) is 0.980. The van der Waals surface area contributed by atoms with Crippen LogP contribution in [0.5, 0.6) is 5.75 Å². The van der Waals surface area contributed by atoms with Gasteiger partial charge >= 0.3 is 0 Å². The Balaban J connectivity index is 2.49. The third-order valence-electron chi connectivity index (χ3n) is 2.37. The molecule has 91 valence electrons. The summed E-state index contributed by atoms with van der Waals surface area (Å²) in [4.78, 5) is 21.7. The fourth-order valence-electron chi connectivity index (χ4n) is 1.50. The molecule has 0 fully saturated rings. The van der Waals surface area contributed by atoms with Gasteiger partial charge in [0.2, 0.25) is 12.2 Å². The zero-order valence-corrected chi connectivity index (χ0v) is 10.0. The second kappa shape index (κ2) is 6.68. The maximum absolute atomic E-state index is 11.5. The fourth-order valence-corrected chi connectivity index (χ4v) is 1.50. The number of hydrogen-bond donors (Lipinski definition) is 1. The van der Waals surface area contributed by atoms with E-state index in [2.05, 4.69) is 5.32 Å². The van der Waals surface area contributed by atoms with E-state index in [0.29, 0.717) is 12.8 Å². The number of methoxy groups -OCH3 is 1. The van der Waals surface area contributed by atoms with Crippen LogP contribution in [-0.2, 0) is 16.0 Å². The van der Waals surface area contributed by atoms with Crippen molar-refractivity contribution in [2.24, 2.45) is 0 Å². The number of hydrogen-bond acceptors (Lipinski definition) is 3. The molecule has 1 atom stereocenters. The summed E-state index contributed by atoms with van der Waals surface area (Å²) in [6.07, 6.45) is 2.62. The van der Waals surface area contributed by atoms with Gasteiger partial charge in [0.25, 0.3) is 0 Å². The van der Waals surface area contributed by atoms with Crippen LogP contribution in [0.1, 0.15) is 18.9 Å². The van der Waals surface area contributed by atoms with Crippen LogP contribution in [-0.4, -0.2) is 25.3 Å². The fraction of sp³-hybridized carbons (Fsp3) is 0.385. The lowest BCUT2D eigenvalue weighted by Gasteiger charge is -2.09. The summed E-state index contributed by atoms with van der Waals surface area (Å²) in [7, 11) is 1.60. The Morgan fingerprint density at radius 2 is 2.18 bits per heavy atom. The predicted octanol–water partition coefficient (Wildman–Crippen LogP) is 1.24. The van der Waals surface area contributed by atoms with Crippen molar-refractivity contribution in [1.82, 2.24) is 5.32 Å². The molecule has 1 amide bonds. The van der Waals surface area contributed by atoms with E-state index < -0.39 is 6.04 Å². The minimum atomic E-state index is -0.555. The molecule has 0 spiro atoms. The summed E-state index contributed by atoms with van der Waals surface area (Å²) in [5, 5.41) is 2.53. The average Bonchev–Trinajstić information content (AvgIpc) is 2.36. The van der Waals surface area contributed by atoms with Crippen LogP contribution in [0.3, 0.4) is 0 Å². The van der Waals surface area contributed by atoms with E-state index in [-0.39, 0.29) is 5.91 Å². The lowest BCUT2D eigenvalue weighted by atomic mass is 10.1. The van der Waals surface area contributed by atoms with Crippen molar-refractivity contribution in [1.29, 1.82) is 0 Å². The van der Waals surface area contributed by atoms with E-state index in [1.54, 1.807) is 20.3 Å². The second-order valence-electron chi connectivity index (χ2n) is 3.72. The molecular formula is C13H16NO3. The summed E-state index contributed by atoms with van der Waals surface area (Å²) in [6, 6.07) is 7.00. The molecule has 0 aromatic heterocycles. The molecule has 0 aliphatic rings. The van der Waals surface area contributed by atoms with Gasteiger partial charge in [-0.2, -0.15) is 0 Å². The number of carbonyl (C=O) groups is 1. The Kier molecular flexibility index (Phi) is 5.20. The summed E-state index contributed by atoms with van der Waals surface area (Å²) in [5.74, 6) is 0.613. The highest BCUT2D eigenvalue weighted by molar-refractivity contribution is 5.79. The zero-order valence-electron chi connectivity index (χ0n) is 10.0.